The highest BCUT2D eigenvalue weighted by Gasteiger charge is 2.19. The van der Waals surface area contributed by atoms with Crippen LogP contribution in [0, 0.1) is 6.92 Å². The Bertz CT molecular complexity index is 1090. The van der Waals surface area contributed by atoms with Crippen molar-refractivity contribution in [1.29, 1.82) is 0 Å². The van der Waals surface area contributed by atoms with Crippen LogP contribution in [-0.4, -0.2) is 44.2 Å². The van der Waals surface area contributed by atoms with Crippen molar-refractivity contribution >= 4 is 28.6 Å². The van der Waals surface area contributed by atoms with Gasteiger partial charge in [0, 0.05) is 19.3 Å². The van der Waals surface area contributed by atoms with Gasteiger partial charge in [0.05, 0.1) is 16.7 Å². The van der Waals surface area contributed by atoms with Gasteiger partial charge < -0.3 is 4.90 Å². The van der Waals surface area contributed by atoms with Crippen molar-refractivity contribution in [2.24, 2.45) is 0 Å². The molecule has 0 spiro atoms. The van der Waals surface area contributed by atoms with Gasteiger partial charge in [-0.2, -0.15) is 0 Å². The predicted octanol–water partition coefficient (Wildman–Crippen LogP) is 3.58. The summed E-state index contributed by atoms with van der Waals surface area (Å²) in [6.07, 6.45) is 6.16. The Labute approximate surface area is 174 Å². The SMILES string of the molecule is Cc1ccnc(-n2c(SCC(=O)N3CCCCCC3)nc3ccccc3c2=O)c1. The van der Waals surface area contributed by atoms with Gasteiger partial charge in [0.15, 0.2) is 5.16 Å². The third kappa shape index (κ3) is 4.34. The summed E-state index contributed by atoms with van der Waals surface area (Å²) in [6, 6.07) is 11.0. The summed E-state index contributed by atoms with van der Waals surface area (Å²) in [4.78, 5) is 37.0. The van der Waals surface area contributed by atoms with Crippen LogP contribution in [0.3, 0.4) is 0 Å². The Balaban J connectivity index is 1.69. The third-order valence-corrected chi connectivity index (χ3v) is 6.08. The van der Waals surface area contributed by atoms with Gasteiger partial charge in [-0.3, -0.25) is 9.59 Å². The lowest BCUT2D eigenvalue weighted by atomic mass is 10.2. The molecule has 7 heteroatoms. The Morgan fingerprint density at radius 2 is 1.86 bits per heavy atom. The summed E-state index contributed by atoms with van der Waals surface area (Å²) >= 11 is 1.31. The molecular formula is C22H24N4O2S. The van der Waals surface area contributed by atoms with Gasteiger partial charge in [-0.25, -0.2) is 14.5 Å². The lowest BCUT2D eigenvalue weighted by molar-refractivity contribution is -0.128. The molecule has 3 heterocycles. The smallest absolute Gasteiger partial charge is 0.267 e. The van der Waals surface area contributed by atoms with Crippen LogP contribution in [0.25, 0.3) is 16.7 Å². The van der Waals surface area contributed by atoms with Crippen molar-refractivity contribution in [3.8, 4) is 5.82 Å². The fourth-order valence-corrected chi connectivity index (χ4v) is 4.49. The van der Waals surface area contributed by atoms with Crippen molar-refractivity contribution in [3.05, 3.63) is 58.5 Å². The number of hydrogen-bond donors (Lipinski definition) is 0. The van der Waals surface area contributed by atoms with Crippen molar-refractivity contribution in [3.63, 3.8) is 0 Å². The summed E-state index contributed by atoms with van der Waals surface area (Å²) in [5.41, 5.74) is 1.47. The van der Waals surface area contributed by atoms with Crippen LogP contribution in [0.5, 0.6) is 0 Å². The van der Waals surface area contributed by atoms with Crippen molar-refractivity contribution in [1.82, 2.24) is 19.4 Å². The minimum Gasteiger partial charge on any atom is -0.342 e. The molecule has 6 nitrogen and oxygen atoms in total. The van der Waals surface area contributed by atoms with E-state index >= 15 is 0 Å². The maximum atomic E-state index is 13.2. The Morgan fingerprint density at radius 3 is 2.62 bits per heavy atom. The second-order valence-corrected chi connectivity index (χ2v) is 8.27. The first-order valence-corrected chi connectivity index (χ1v) is 11.0. The topological polar surface area (TPSA) is 68.1 Å². The number of amides is 1. The molecule has 1 aliphatic rings. The van der Waals surface area contributed by atoms with Gasteiger partial charge in [0.2, 0.25) is 5.91 Å². The van der Waals surface area contributed by atoms with E-state index in [1.165, 1.54) is 29.2 Å². The van der Waals surface area contributed by atoms with Crippen LogP contribution >= 0.6 is 11.8 Å². The summed E-state index contributed by atoms with van der Waals surface area (Å²) < 4.78 is 1.52. The highest BCUT2D eigenvalue weighted by Crippen LogP contribution is 2.22. The van der Waals surface area contributed by atoms with Gasteiger partial charge >= 0.3 is 0 Å². The van der Waals surface area contributed by atoms with E-state index in [1.54, 1.807) is 12.3 Å². The molecule has 1 aliphatic heterocycles. The maximum Gasteiger partial charge on any atom is 0.267 e. The van der Waals surface area contributed by atoms with E-state index in [0.717, 1.165) is 31.5 Å². The maximum absolute atomic E-state index is 13.2. The molecule has 3 aromatic rings. The molecule has 1 aromatic carbocycles. The van der Waals surface area contributed by atoms with Crippen LogP contribution in [0.2, 0.25) is 0 Å². The second kappa shape index (κ2) is 8.78. The summed E-state index contributed by atoms with van der Waals surface area (Å²) in [5.74, 6) is 0.886. The van der Waals surface area contributed by atoms with Crippen LogP contribution in [0.1, 0.15) is 31.2 Å². The molecular weight excluding hydrogens is 384 g/mol. The molecule has 1 amide bonds. The van der Waals surface area contributed by atoms with E-state index in [4.69, 9.17) is 4.98 Å². The van der Waals surface area contributed by atoms with Gasteiger partial charge in [0.25, 0.3) is 5.56 Å². The average Bonchev–Trinajstić information content (AvgIpc) is 3.02. The third-order valence-electron chi connectivity index (χ3n) is 5.16. The first-order chi connectivity index (χ1) is 14.1. The lowest BCUT2D eigenvalue weighted by Gasteiger charge is -2.20. The van der Waals surface area contributed by atoms with Crippen molar-refractivity contribution < 1.29 is 4.79 Å². The van der Waals surface area contributed by atoms with Crippen molar-refractivity contribution in [2.45, 2.75) is 37.8 Å². The fourth-order valence-electron chi connectivity index (χ4n) is 3.59. The standard InChI is InChI=1S/C22H24N4O2S/c1-16-10-11-23-19(14-16)26-21(28)17-8-4-5-9-18(17)24-22(26)29-15-20(27)25-12-6-2-3-7-13-25/h4-5,8-11,14H,2-3,6-7,12-13,15H2,1H3. The number of rotatable bonds is 4. The van der Waals surface area contributed by atoms with Crippen LogP contribution < -0.4 is 5.56 Å². The average molecular weight is 409 g/mol. The zero-order valence-electron chi connectivity index (χ0n) is 16.5. The van der Waals surface area contributed by atoms with Crippen LogP contribution in [-0.2, 0) is 4.79 Å². The Kier molecular flexibility index (Phi) is 5.94. The van der Waals surface area contributed by atoms with E-state index in [1.807, 2.05) is 42.2 Å². The molecule has 0 radical (unpaired) electrons. The largest absolute Gasteiger partial charge is 0.342 e. The van der Waals surface area contributed by atoms with Crippen molar-refractivity contribution in [2.75, 3.05) is 18.8 Å². The second-order valence-electron chi connectivity index (χ2n) is 7.33. The summed E-state index contributed by atoms with van der Waals surface area (Å²) in [6.45, 7) is 3.59. The molecule has 29 heavy (non-hydrogen) atoms. The normalized spacial score (nSPS) is 14.7. The molecule has 0 N–H and O–H groups in total. The minimum atomic E-state index is -0.168. The monoisotopic (exact) mass is 408 g/mol. The Morgan fingerprint density at radius 1 is 1.10 bits per heavy atom. The number of aromatic nitrogens is 3. The zero-order chi connectivity index (χ0) is 20.2. The van der Waals surface area contributed by atoms with Gasteiger partial charge in [-0.1, -0.05) is 36.7 Å². The molecule has 1 fully saturated rings. The molecule has 0 atom stereocenters. The quantitative estimate of drug-likeness (QED) is 0.488. The number of fused-ring (bicyclic) bond motifs is 1. The summed E-state index contributed by atoms with van der Waals surface area (Å²) in [7, 11) is 0. The molecule has 2 aromatic heterocycles. The number of para-hydroxylation sites is 1. The van der Waals surface area contributed by atoms with E-state index in [2.05, 4.69) is 4.98 Å². The summed E-state index contributed by atoms with van der Waals surface area (Å²) in [5, 5.41) is 1.04. The number of carbonyl (C=O) groups is 1. The van der Waals surface area contributed by atoms with E-state index < -0.39 is 0 Å². The van der Waals surface area contributed by atoms with Gasteiger partial charge in [-0.15, -0.1) is 0 Å². The molecule has 1 saturated heterocycles. The fraction of sp³-hybridized carbons (Fsp3) is 0.364. The molecule has 4 rings (SSSR count). The number of pyridine rings is 1. The first-order valence-electron chi connectivity index (χ1n) is 9.99. The Hall–Kier alpha value is -2.67. The number of aryl methyl sites for hydroxylation is 1. The number of carbonyl (C=O) groups excluding carboxylic acids is 1. The van der Waals surface area contributed by atoms with E-state index in [-0.39, 0.29) is 17.2 Å². The highest BCUT2D eigenvalue weighted by molar-refractivity contribution is 7.99. The molecule has 0 saturated carbocycles. The molecule has 0 bridgehead atoms. The number of likely N-dealkylation sites (tertiary alicyclic amines) is 1. The van der Waals surface area contributed by atoms with Crippen LogP contribution in [0.4, 0.5) is 0 Å². The van der Waals surface area contributed by atoms with Gasteiger partial charge in [0.1, 0.15) is 5.82 Å². The molecule has 150 valence electrons. The number of hydrogen-bond acceptors (Lipinski definition) is 5. The first kappa shape index (κ1) is 19.6. The van der Waals surface area contributed by atoms with E-state index in [0.29, 0.717) is 21.9 Å². The molecule has 0 unspecified atom stereocenters. The zero-order valence-corrected chi connectivity index (χ0v) is 17.3. The molecule has 0 aliphatic carbocycles. The predicted molar refractivity (Wildman–Crippen MR) is 116 cm³/mol. The highest BCUT2D eigenvalue weighted by atomic mass is 32.2. The number of nitrogens with zero attached hydrogens (tertiary/aromatic N) is 4. The van der Waals surface area contributed by atoms with Crippen LogP contribution in [0.15, 0.2) is 52.5 Å². The minimum absolute atomic E-state index is 0.100. The van der Waals surface area contributed by atoms with E-state index in [9.17, 15) is 9.59 Å². The number of thioether (sulfide) groups is 1. The van der Waals surface area contributed by atoms with Gasteiger partial charge in [-0.05, 0) is 49.6 Å². The lowest BCUT2D eigenvalue weighted by Crippen LogP contribution is -2.33. The number of benzene rings is 1.